The molecule has 0 aromatic heterocycles. The summed E-state index contributed by atoms with van der Waals surface area (Å²) in [6.45, 7) is 4.03. The molecule has 6 heteroatoms. The number of amides is 2. The number of hydrogen-bond donors (Lipinski definition) is 2. The highest BCUT2D eigenvalue weighted by Gasteiger charge is 2.25. The highest BCUT2D eigenvalue weighted by Crippen LogP contribution is 2.23. The highest BCUT2D eigenvalue weighted by atomic mass is 16.5. The van der Waals surface area contributed by atoms with Gasteiger partial charge in [-0.05, 0) is 35.2 Å². The Morgan fingerprint density at radius 3 is 2.41 bits per heavy atom. The molecule has 0 radical (unpaired) electrons. The van der Waals surface area contributed by atoms with Gasteiger partial charge < -0.3 is 20.1 Å². The number of morpholine rings is 1. The van der Waals surface area contributed by atoms with E-state index < -0.39 is 5.97 Å². The molecule has 1 heterocycles. The summed E-state index contributed by atoms with van der Waals surface area (Å²) in [5.74, 6) is -0.961. The second-order valence-corrected chi connectivity index (χ2v) is 6.56. The number of carboxylic acid groups (broad SMARTS) is 1. The highest BCUT2D eigenvalue weighted by molar-refractivity contribution is 5.87. The van der Waals surface area contributed by atoms with Crippen LogP contribution in [0.1, 0.15) is 40.1 Å². The fourth-order valence-corrected chi connectivity index (χ4v) is 3.06. The fourth-order valence-electron chi connectivity index (χ4n) is 3.06. The summed E-state index contributed by atoms with van der Waals surface area (Å²) in [6, 6.07) is 14.7. The lowest BCUT2D eigenvalue weighted by molar-refractivity contribution is -0.0154. The first-order chi connectivity index (χ1) is 13.1. The summed E-state index contributed by atoms with van der Waals surface area (Å²) in [4.78, 5) is 25.1. The standard InChI is InChI=1S/C21H24N2O4/c1-2-15-3-7-17(8-4-15)19-14-23(11-12-27-19)21(26)22-13-16-5-9-18(10-6-16)20(24)25/h3-10,19H,2,11-14H2,1H3,(H,22,26)(H,24,25). The van der Waals surface area contributed by atoms with Crippen molar-refractivity contribution in [3.63, 3.8) is 0 Å². The van der Waals surface area contributed by atoms with Gasteiger partial charge in [-0.3, -0.25) is 0 Å². The first-order valence-electron chi connectivity index (χ1n) is 9.12. The Balaban J connectivity index is 1.55. The predicted octanol–water partition coefficient (Wildman–Crippen LogP) is 3.23. The molecule has 2 N–H and O–H groups in total. The van der Waals surface area contributed by atoms with Gasteiger partial charge in [0.25, 0.3) is 0 Å². The van der Waals surface area contributed by atoms with Crippen molar-refractivity contribution in [3.05, 3.63) is 70.8 Å². The summed E-state index contributed by atoms with van der Waals surface area (Å²) >= 11 is 0. The van der Waals surface area contributed by atoms with E-state index in [0.29, 0.717) is 26.2 Å². The smallest absolute Gasteiger partial charge is 0.335 e. The van der Waals surface area contributed by atoms with Crippen LogP contribution in [0.25, 0.3) is 0 Å². The molecule has 0 aliphatic carbocycles. The van der Waals surface area contributed by atoms with E-state index in [1.165, 1.54) is 17.7 Å². The zero-order valence-electron chi connectivity index (χ0n) is 15.4. The van der Waals surface area contributed by atoms with Crippen LogP contribution >= 0.6 is 0 Å². The van der Waals surface area contributed by atoms with Gasteiger partial charge in [0.15, 0.2) is 0 Å². The minimum atomic E-state index is -0.961. The van der Waals surface area contributed by atoms with Gasteiger partial charge in [0.1, 0.15) is 6.10 Å². The number of hydrogen-bond acceptors (Lipinski definition) is 3. The number of nitrogens with one attached hydrogen (secondary N) is 1. The third kappa shape index (κ3) is 4.86. The molecular weight excluding hydrogens is 344 g/mol. The van der Waals surface area contributed by atoms with Crippen LogP contribution in [-0.4, -0.2) is 41.7 Å². The minimum absolute atomic E-state index is 0.120. The molecule has 1 atom stereocenters. The Bertz CT molecular complexity index is 787. The van der Waals surface area contributed by atoms with Gasteiger partial charge in [-0.1, -0.05) is 43.3 Å². The van der Waals surface area contributed by atoms with Crippen LogP contribution in [0.2, 0.25) is 0 Å². The van der Waals surface area contributed by atoms with E-state index in [0.717, 1.165) is 17.5 Å². The lowest BCUT2D eigenvalue weighted by atomic mass is 10.0. The van der Waals surface area contributed by atoms with Crippen molar-refractivity contribution >= 4 is 12.0 Å². The lowest BCUT2D eigenvalue weighted by Crippen LogP contribution is -2.46. The second-order valence-electron chi connectivity index (χ2n) is 6.56. The summed E-state index contributed by atoms with van der Waals surface area (Å²) in [5, 5.41) is 11.8. The number of nitrogens with zero attached hydrogens (tertiary/aromatic N) is 1. The van der Waals surface area contributed by atoms with Crippen molar-refractivity contribution in [3.8, 4) is 0 Å². The number of carbonyl (C=O) groups excluding carboxylic acids is 1. The van der Waals surface area contributed by atoms with Gasteiger partial charge in [0.05, 0.1) is 18.7 Å². The average Bonchev–Trinajstić information content (AvgIpc) is 2.72. The largest absolute Gasteiger partial charge is 0.478 e. The van der Waals surface area contributed by atoms with Crippen LogP contribution in [0.4, 0.5) is 4.79 Å². The first kappa shape index (κ1) is 18.9. The van der Waals surface area contributed by atoms with Crippen molar-refractivity contribution in [2.75, 3.05) is 19.7 Å². The summed E-state index contributed by atoms with van der Waals surface area (Å²) in [7, 11) is 0. The Hall–Kier alpha value is -2.86. The quantitative estimate of drug-likeness (QED) is 0.849. The molecule has 142 valence electrons. The molecule has 1 aliphatic rings. The van der Waals surface area contributed by atoms with E-state index >= 15 is 0 Å². The van der Waals surface area contributed by atoms with Crippen molar-refractivity contribution in [1.82, 2.24) is 10.2 Å². The third-order valence-electron chi connectivity index (χ3n) is 4.76. The number of urea groups is 1. The number of carbonyl (C=O) groups is 2. The van der Waals surface area contributed by atoms with Crippen LogP contribution in [0.15, 0.2) is 48.5 Å². The Kier molecular flexibility index (Phi) is 6.08. The van der Waals surface area contributed by atoms with Crippen LogP contribution in [0.3, 0.4) is 0 Å². The number of aromatic carboxylic acids is 1. The maximum Gasteiger partial charge on any atom is 0.335 e. The molecular formula is C21H24N2O4. The van der Waals surface area contributed by atoms with E-state index in [1.807, 2.05) is 0 Å². The summed E-state index contributed by atoms with van der Waals surface area (Å²) in [5.41, 5.74) is 3.44. The number of rotatable bonds is 5. The molecule has 27 heavy (non-hydrogen) atoms. The molecule has 1 aliphatic heterocycles. The average molecular weight is 368 g/mol. The monoisotopic (exact) mass is 368 g/mol. The lowest BCUT2D eigenvalue weighted by Gasteiger charge is -2.33. The van der Waals surface area contributed by atoms with Crippen molar-refractivity contribution in [1.29, 1.82) is 0 Å². The Morgan fingerprint density at radius 2 is 1.78 bits per heavy atom. The van der Waals surface area contributed by atoms with Crippen molar-refractivity contribution in [2.24, 2.45) is 0 Å². The number of aryl methyl sites for hydroxylation is 1. The molecule has 1 saturated heterocycles. The van der Waals surface area contributed by atoms with Gasteiger partial charge >= 0.3 is 12.0 Å². The van der Waals surface area contributed by atoms with Gasteiger partial charge in [-0.25, -0.2) is 9.59 Å². The van der Waals surface area contributed by atoms with Crippen LogP contribution in [-0.2, 0) is 17.7 Å². The summed E-state index contributed by atoms with van der Waals surface area (Å²) < 4.78 is 5.84. The van der Waals surface area contributed by atoms with E-state index in [4.69, 9.17) is 9.84 Å². The molecule has 0 saturated carbocycles. The molecule has 6 nitrogen and oxygen atoms in total. The molecule has 2 aromatic rings. The Labute approximate surface area is 158 Å². The molecule has 0 bridgehead atoms. The molecule has 3 rings (SSSR count). The molecule has 1 unspecified atom stereocenters. The van der Waals surface area contributed by atoms with Crippen LogP contribution in [0.5, 0.6) is 0 Å². The van der Waals surface area contributed by atoms with Crippen LogP contribution < -0.4 is 5.32 Å². The van der Waals surface area contributed by atoms with Crippen molar-refractivity contribution < 1.29 is 19.4 Å². The van der Waals surface area contributed by atoms with E-state index in [1.54, 1.807) is 17.0 Å². The third-order valence-corrected chi connectivity index (χ3v) is 4.76. The minimum Gasteiger partial charge on any atom is -0.478 e. The van der Waals surface area contributed by atoms with Crippen molar-refractivity contribution in [2.45, 2.75) is 26.0 Å². The van der Waals surface area contributed by atoms with Gasteiger partial charge in [0, 0.05) is 13.1 Å². The topological polar surface area (TPSA) is 78.9 Å². The maximum absolute atomic E-state index is 12.5. The van der Waals surface area contributed by atoms with E-state index in [9.17, 15) is 9.59 Å². The molecule has 0 spiro atoms. The molecule has 2 amide bonds. The number of carboxylic acids is 1. The number of ether oxygens (including phenoxy) is 1. The van der Waals surface area contributed by atoms with E-state index in [2.05, 4.69) is 36.5 Å². The molecule has 1 fully saturated rings. The molecule has 2 aromatic carbocycles. The van der Waals surface area contributed by atoms with Gasteiger partial charge in [-0.2, -0.15) is 0 Å². The second kappa shape index (κ2) is 8.68. The van der Waals surface area contributed by atoms with E-state index in [-0.39, 0.29) is 17.7 Å². The number of benzene rings is 2. The maximum atomic E-state index is 12.5. The van der Waals surface area contributed by atoms with Gasteiger partial charge in [-0.15, -0.1) is 0 Å². The predicted molar refractivity (Wildman–Crippen MR) is 102 cm³/mol. The normalized spacial score (nSPS) is 16.8. The zero-order valence-corrected chi connectivity index (χ0v) is 15.4. The zero-order chi connectivity index (χ0) is 19.2. The Morgan fingerprint density at radius 1 is 1.11 bits per heavy atom. The summed E-state index contributed by atoms with van der Waals surface area (Å²) in [6.07, 6.45) is 0.874. The van der Waals surface area contributed by atoms with Gasteiger partial charge in [0.2, 0.25) is 0 Å². The first-order valence-corrected chi connectivity index (χ1v) is 9.12. The fraction of sp³-hybridized carbons (Fsp3) is 0.333. The van der Waals surface area contributed by atoms with Crippen LogP contribution in [0, 0.1) is 0 Å². The SMILES string of the molecule is CCc1ccc(C2CN(C(=O)NCc3ccc(C(=O)O)cc3)CCO2)cc1.